The Morgan fingerprint density at radius 1 is 0.262 bits per heavy atom. The average molecular weight is 1560 g/mol. The molecule has 0 aromatic carbocycles. The molecule has 3 N–H and O–H groups in total. The quantitative estimate of drug-likeness (QED) is 0.0222. The Morgan fingerprint density at radius 3 is 0.664 bits per heavy atom. The molecule has 0 aliphatic heterocycles. The van der Waals surface area contributed by atoms with Crippen LogP contribution in [0.15, 0.2) is 0 Å². The van der Waals surface area contributed by atoms with Gasteiger partial charge in [0.2, 0.25) is 0 Å². The zero-order valence-electron chi connectivity index (χ0n) is 70.8. The second-order valence-corrected chi connectivity index (χ2v) is 36.2. The first-order valence-electron chi connectivity index (χ1n) is 45.2. The number of aliphatic hydroxyl groups is 1. The zero-order valence-corrected chi connectivity index (χ0v) is 72.6. The molecule has 0 bridgehead atoms. The van der Waals surface area contributed by atoms with E-state index in [9.17, 15) is 43.2 Å². The number of hydrogen-bond donors (Lipinski definition) is 3. The van der Waals surface area contributed by atoms with Gasteiger partial charge in [-0.15, -0.1) is 0 Å². The Hall–Kier alpha value is -1.94. The summed E-state index contributed by atoms with van der Waals surface area (Å²) in [5.74, 6) is 1.10. The van der Waals surface area contributed by atoms with E-state index < -0.39 is 97.5 Å². The van der Waals surface area contributed by atoms with Crippen LogP contribution in [0.25, 0.3) is 0 Å². The van der Waals surface area contributed by atoms with Gasteiger partial charge >= 0.3 is 39.5 Å². The highest BCUT2D eigenvalue weighted by Crippen LogP contribution is 2.45. The molecule has 0 spiro atoms. The van der Waals surface area contributed by atoms with Crippen molar-refractivity contribution in [3.63, 3.8) is 0 Å². The topological polar surface area (TPSA) is 237 Å². The Bertz CT molecular complexity index is 2080. The maximum absolute atomic E-state index is 13.2. The molecule has 6 atom stereocenters. The summed E-state index contributed by atoms with van der Waals surface area (Å²) in [6.07, 6.45) is 66.6. The third kappa shape index (κ3) is 80.5. The van der Waals surface area contributed by atoms with E-state index in [0.717, 1.165) is 114 Å². The van der Waals surface area contributed by atoms with Gasteiger partial charge < -0.3 is 33.8 Å². The molecule has 636 valence electrons. The highest BCUT2D eigenvalue weighted by Gasteiger charge is 2.31. The molecular formula is C88H172O17P2. The van der Waals surface area contributed by atoms with Crippen molar-refractivity contribution in [2.45, 2.75) is 478 Å². The van der Waals surface area contributed by atoms with E-state index in [1.807, 2.05) is 0 Å². The highest BCUT2D eigenvalue weighted by atomic mass is 31.2. The zero-order chi connectivity index (χ0) is 78.8. The number of phosphoric acid groups is 2. The molecule has 0 aliphatic rings. The Morgan fingerprint density at radius 2 is 0.449 bits per heavy atom. The first-order valence-corrected chi connectivity index (χ1v) is 48.2. The Balaban J connectivity index is 5.25. The lowest BCUT2D eigenvalue weighted by atomic mass is 9.99. The van der Waals surface area contributed by atoms with Crippen molar-refractivity contribution >= 4 is 39.5 Å². The summed E-state index contributed by atoms with van der Waals surface area (Å²) >= 11 is 0. The number of ether oxygens (including phenoxy) is 4. The molecule has 107 heavy (non-hydrogen) atoms. The third-order valence-electron chi connectivity index (χ3n) is 20.9. The maximum atomic E-state index is 13.2. The minimum absolute atomic E-state index is 0.107. The molecule has 0 aromatic rings. The fourth-order valence-corrected chi connectivity index (χ4v) is 15.2. The first-order chi connectivity index (χ1) is 51.6. The van der Waals surface area contributed by atoms with Crippen LogP contribution in [0.4, 0.5) is 0 Å². The van der Waals surface area contributed by atoms with Gasteiger partial charge in [-0.25, -0.2) is 9.13 Å². The van der Waals surface area contributed by atoms with Crippen molar-refractivity contribution in [3.8, 4) is 0 Å². The van der Waals surface area contributed by atoms with E-state index >= 15 is 0 Å². The summed E-state index contributed by atoms with van der Waals surface area (Å²) in [5.41, 5.74) is 0. The molecule has 0 aliphatic carbocycles. The molecule has 0 saturated carbocycles. The Kier molecular flexibility index (Phi) is 75.3. The molecule has 0 radical (unpaired) electrons. The van der Waals surface area contributed by atoms with Crippen molar-refractivity contribution in [2.75, 3.05) is 39.6 Å². The van der Waals surface area contributed by atoms with Crippen LogP contribution >= 0.6 is 15.6 Å². The van der Waals surface area contributed by atoms with Crippen molar-refractivity contribution in [1.82, 2.24) is 0 Å². The normalized spacial score (nSPS) is 14.1. The second kappa shape index (κ2) is 76.7. The van der Waals surface area contributed by atoms with Crippen LogP contribution < -0.4 is 0 Å². The number of carbonyl (C=O) groups excluding carboxylic acids is 4. The van der Waals surface area contributed by atoms with Gasteiger partial charge in [0.25, 0.3) is 0 Å². The molecule has 0 heterocycles. The van der Waals surface area contributed by atoms with E-state index in [4.69, 9.17) is 37.0 Å². The fraction of sp³-hybridized carbons (Fsp3) is 0.955. The lowest BCUT2D eigenvalue weighted by Gasteiger charge is -2.21. The lowest BCUT2D eigenvalue weighted by molar-refractivity contribution is -0.161. The predicted molar refractivity (Wildman–Crippen MR) is 441 cm³/mol. The summed E-state index contributed by atoms with van der Waals surface area (Å²) in [6, 6.07) is 0. The standard InChI is InChI=1S/C88H172O17P2/c1-9-81(8)67-59-51-43-35-27-21-14-12-10-11-13-15-23-29-37-46-54-62-70-87(92)104-83(74-98-85(90)68-60-52-44-36-28-22-17-16-19-25-32-40-48-56-64-78(2)3)76-102-106(94,95)100-72-82(89)73-101-107(96,97)103-77-84(75-99-86(91)69-61-53-45-39-31-34-42-50-58-66-80(6)7)105-88(93)71-63-55-47-38-30-24-18-20-26-33-41-49-57-65-79(4)5/h78-84,89H,9-77H2,1-8H3,(H,94,95)(H,96,97)/t81?,82-,83-,84-/m1/s1. The van der Waals surface area contributed by atoms with Crippen LogP contribution in [0.5, 0.6) is 0 Å². The number of hydrogen-bond acceptors (Lipinski definition) is 15. The van der Waals surface area contributed by atoms with Gasteiger partial charge in [0, 0.05) is 25.7 Å². The number of esters is 4. The second-order valence-electron chi connectivity index (χ2n) is 33.3. The van der Waals surface area contributed by atoms with Crippen molar-refractivity contribution in [3.05, 3.63) is 0 Å². The van der Waals surface area contributed by atoms with Crippen molar-refractivity contribution in [1.29, 1.82) is 0 Å². The van der Waals surface area contributed by atoms with Crippen molar-refractivity contribution < 1.29 is 80.2 Å². The molecular weight excluding hydrogens is 1390 g/mol. The van der Waals surface area contributed by atoms with Gasteiger partial charge in [-0.2, -0.15) is 0 Å². The third-order valence-corrected chi connectivity index (χ3v) is 22.8. The molecule has 0 rings (SSSR count). The monoisotopic (exact) mass is 1560 g/mol. The van der Waals surface area contributed by atoms with Gasteiger partial charge in [-0.05, 0) is 49.4 Å². The van der Waals surface area contributed by atoms with Crippen LogP contribution in [0.3, 0.4) is 0 Å². The first kappa shape index (κ1) is 105. The molecule has 0 saturated heterocycles. The summed E-state index contributed by atoms with van der Waals surface area (Å²) in [7, 11) is -9.93. The van der Waals surface area contributed by atoms with Crippen LogP contribution in [-0.4, -0.2) is 96.7 Å². The molecule has 0 fully saturated rings. The lowest BCUT2D eigenvalue weighted by Crippen LogP contribution is -2.30. The SMILES string of the molecule is CCC(C)CCCCCCCCCCCCCCCCCCCCC(=O)O[C@H](COC(=O)CCCCCCCCCCCCCCCCC(C)C)COP(=O)(O)OC[C@@H](O)COP(=O)(O)OC[C@@H](COC(=O)CCCCCCCCCCCC(C)C)OC(=O)CCCCCCCCCCCCCCCC(C)C. The molecule has 19 heteroatoms. The minimum atomic E-state index is -4.97. The number of rotatable bonds is 85. The molecule has 17 nitrogen and oxygen atoms in total. The number of phosphoric ester groups is 2. The number of unbranched alkanes of at least 4 members (excludes halogenated alkanes) is 50. The van der Waals surface area contributed by atoms with E-state index in [1.165, 1.54) is 263 Å². The van der Waals surface area contributed by atoms with Gasteiger partial charge in [0.15, 0.2) is 12.2 Å². The van der Waals surface area contributed by atoms with Gasteiger partial charge in [0.1, 0.15) is 19.3 Å². The maximum Gasteiger partial charge on any atom is 0.472 e. The Labute approximate surface area is 658 Å². The molecule has 3 unspecified atom stereocenters. The van der Waals surface area contributed by atoms with Gasteiger partial charge in [-0.3, -0.25) is 37.3 Å². The minimum Gasteiger partial charge on any atom is -0.462 e. The van der Waals surface area contributed by atoms with Crippen LogP contribution in [0.2, 0.25) is 0 Å². The fourth-order valence-electron chi connectivity index (χ4n) is 13.6. The number of aliphatic hydroxyl groups excluding tert-OH is 1. The molecule has 0 amide bonds. The van der Waals surface area contributed by atoms with Crippen LogP contribution in [0, 0.1) is 23.7 Å². The van der Waals surface area contributed by atoms with Crippen LogP contribution in [-0.2, 0) is 65.4 Å². The summed E-state index contributed by atoms with van der Waals surface area (Å²) < 4.78 is 69.0. The smallest absolute Gasteiger partial charge is 0.462 e. The van der Waals surface area contributed by atoms with E-state index in [0.29, 0.717) is 25.7 Å². The van der Waals surface area contributed by atoms with Crippen LogP contribution in [0.1, 0.15) is 460 Å². The number of carbonyl (C=O) groups is 4. The summed E-state index contributed by atoms with van der Waals surface area (Å²) in [5, 5.41) is 10.7. The summed E-state index contributed by atoms with van der Waals surface area (Å²) in [6.45, 7) is 14.4. The predicted octanol–water partition coefficient (Wildman–Crippen LogP) is 26.7. The van der Waals surface area contributed by atoms with Gasteiger partial charge in [-0.1, -0.05) is 409 Å². The van der Waals surface area contributed by atoms with Crippen molar-refractivity contribution in [2.24, 2.45) is 23.7 Å². The average Bonchev–Trinajstić information content (AvgIpc) is 0.900. The van der Waals surface area contributed by atoms with Gasteiger partial charge in [0.05, 0.1) is 26.4 Å². The molecule has 0 aromatic heterocycles. The highest BCUT2D eigenvalue weighted by molar-refractivity contribution is 7.47. The van der Waals surface area contributed by atoms with E-state index in [2.05, 4.69) is 55.4 Å². The largest absolute Gasteiger partial charge is 0.472 e. The van der Waals surface area contributed by atoms with E-state index in [-0.39, 0.29) is 25.7 Å². The summed E-state index contributed by atoms with van der Waals surface area (Å²) in [4.78, 5) is 73.3. The van der Waals surface area contributed by atoms with E-state index in [1.54, 1.807) is 0 Å².